The Morgan fingerprint density at radius 1 is 1.03 bits per heavy atom. The first-order valence-electron chi connectivity index (χ1n) is 10.6. The van der Waals surface area contributed by atoms with E-state index in [0.717, 1.165) is 30.1 Å². The fraction of sp³-hybridized carbons (Fsp3) is 0.200. The molecule has 7 heteroatoms. The maximum absolute atomic E-state index is 12.3. The van der Waals surface area contributed by atoms with E-state index in [9.17, 15) is 4.79 Å². The van der Waals surface area contributed by atoms with Gasteiger partial charge in [0.2, 0.25) is 0 Å². The van der Waals surface area contributed by atoms with Crippen molar-refractivity contribution in [1.82, 2.24) is 9.55 Å². The van der Waals surface area contributed by atoms with Crippen LogP contribution >= 0.6 is 0 Å². The highest BCUT2D eigenvalue weighted by Gasteiger charge is 2.21. The lowest BCUT2D eigenvalue weighted by Gasteiger charge is -2.30. The van der Waals surface area contributed by atoms with E-state index < -0.39 is 0 Å². The molecule has 0 saturated carbocycles. The maximum atomic E-state index is 12.3. The summed E-state index contributed by atoms with van der Waals surface area (Å²) in [7, 11) is 1.60. The third-order valence-corrected chi connectivity index (χ3v) is 5.60. The Bertz CT molecular complexity index is 1250. The molecule has 0 saturated heterocycles. The molecule has 1 aliphatic heterocycles. The topological polar surface area (TPSA) is 68.6 Å². The second-order valence-electron chi connectivity index (χ2n) is 7.62. The third-order valence-electron chi connectivity index (χ3n) is 5.60. The van der Waals surface area contributed by atoms with Gasteiger partial charge in [-0.3, -0.25) is 4.79 Å². The van der Waals surface area contributed by atoms with Crippen molar-refractivity contribution in [2.45, 2.75) is 13.1 Å². The van der Waals surface area contributed by atoms with Crippen molar-refractivity contribution < 1.29 is 14.3 Å². The molecule has 32 heavy (non-hydrogen) atoms. The molecule has 1 N–H and O–H groups in total. The highest BCUT2D eigenvalue weighted by molar-refractivity contribution is 5.93. The van der Waals surface area contributed by atoms with Crippen LogP contribution in [0.3, 0.4) is 0 Å². The van der Waals surface area contributed by atoms with E-state index in [1.165, 1.54) is 5.52 Å². The van der Waals surface area contributed by atoms with Crippen molar-refractivity contribution in [2.75, 3.05) is 30.5 Å². The minimum atomic E-state index is -0.244. The van der Waals surface area contributed by atoms with Crippen LogP contribution in [-0.4, -0.2) is 35.7 Å². The molecule has 0 unspecified atom stereocenters. The van der Waals surface area contributed by atoms with E-state index in [2.05, 4.69) is 20.9 Å². The first-order chi connectivity index (χ1) is 15.7. The summed E-state index contributed by atoms with van der Waals surface area (Å²) in [6, 6.07) is 23.3. The maximum Gasteiger partial charge on any atom is 0.262 e. The van der Waals surface area contributed by atoms with Gasteiger partial charge < -0.3 is 24.3 Å². The fourth-order valence-electron chi connectivity index (χ4n) is 4.02. The zero-order valence-electron chi connectivity index (χ0n) is 17.8. The lowest BCUT2D eigenvalue weighted by molar-refractivity contribution is -0.118. The second kappa shape index (κ2) is 8.63. The number of fused-ring (bicyclic) bond motifs is 3. The number of benzene rings is 3. The third kappa shape index (κ3) is 3.97. The van der Waals surface area contributed by atoms with Gasteiger partial charge in [0.15, 0.2) is 6.61 Å². The molecular formula is C25H24N4O3. The van der Waals surface area contributed by atoms with Gasteiger partial charge in [-0.25, -0.2) is 4.98 Å². The molecule has 1 amide bonds. The van der Waals surface area contributed by atoms with Crippen molar-refractivity contribution in [3.8, 4) is 11.5 Å². The normalized spacial score (nSPS) is 13.0. The SMILES string of the molecule is COc1cc(N2CCn3c(nc4ccccc43)C2)ccc1NC(=O)COc1ccccc1. The molecule has 0 bridgehead atoms. The number of imidazole rings is 1. The Kier molecular flexibility index (Phi) is 5.37. The summed E-state index contributed by atoms with van der Waals surface area (Å²) in [5.41, 5.74) is 3.84. The largest absolute Gasteiger partial charge is 0.494 e. The first-order valence-corrected chi connectivity index (χ1v) is 10.6. The quantitative estimate of drug-likeness (QED) is 0.501. The Morgan fingerprint density at radius 3 is 2.69 bits per heavy atom. The van der Waals surface area contributed by atoms with E-state index in [1.807, 2.05) is 66.7 Å². The zero-order chi connectivity index (χ0) is 21.9. The van der Waals surface area contributed by atoms with Crippen LogP contribution in [0.25, 0.3) is 11.0 Å². The number of anilines is 2. The summed E-state index contributed by atoms with van der Waals surface area (Å²) in [5, 5.41) is 2.87. The predicted octanol–water partition coefficient (Wildman–Crippen LogP) is 4.08. The van der Waals surface area contributed by atoms with Gasteiger partial charge in [0, 0.05) is 24.8 Å². The number of hydrogen-bond donors (Lipinski definition) is 1. The lowest BCUT2D eigenvalue weighted by Crippen LogP contribution is -2.33. The molecule has 0 aliphatic carbocycles. The molecule has 1 aliphatic rings. The predicted molar refractivity (Wildman–Crippen MR) is 124 cm³/mol. The van der Waals surface area contributed by atoms with Gasteiger partial charge in [0.25, 0.3) is 5.91 Å². The van der Waals surface area contributed by atoms with Crippen molar-refractivity contribution in [1.29, 1.82) is 0 Å². The van der Waals surface area contributed by atoms with Crippen LogP contribution in [-0.2, 0) is 17.9 Å². The van der Waals surface area contributed by atoms with Crippen molar-refractivity contribution >= 4 is 28.3 Å². The highest BCUT2D eigenvalue weighted by Crippen LogP contribution is 2.32. The average Bonchev–Trinajstić information content (AvgIpc) is 3.21. The van der Waals surface area contributed by atoms with E-state index in [4.69, 9.17) is 14.5 Å². The molecule has 0 spiro atoms. The molecule has 1 aromatic heterocycles. The van der Waals surface area contributed by atoms with E-state index in [1.54, 1.807) is 7.11 Å². The summed E-state index contributed by atoms with van der Waals surface area (Å²) in [6.45, 7) is 2.38. The van der Waals surface area contributed by atoms with Gasteiger partial charge in [-0.15, -0.1) is 0 Å². The second-order valence-corrected chi connectivity index (χ2v) is 7.62. The van der Waals surface area contributed by atoms with Gasteiger partial charge in [-0.1, -0.05) is 30.3 Å². The van der Waals surface area contributed by atoms with Crippen LogP contribution in [0.15, 0.2) is 72.8 Å². The number of rotatable bonds is 6. The summed E-state index contributed by atoms with van der Waals surface area (Å²) in [5.74, 6) is 2.06. The molecule has 2 heterocycles. The summed E-state index contributed by atoms with van der Waals surface area (Å²) in [6.07, 6.45) is 0. The van der Waals surface area contributed by atoms with E-state index >= 15 is 0 Å². The van der Waals surface area contributed by atoms with Gasteiger partial charge in [-0.05, 0) is 36.4 Å². The molecular weight excluding hydrogens is 404 g/mol. The molecule has 4 aromatic rings. The molecule has 0 radical (unpaired) electrons. The number of aromatic nitrogens is 2. The van der Waals surface area contributed by atoms with Crippen LogP contribution < -0.4 is 19.7 Å². The smallest absolute Gasteiger partial charge is 0.262 e. The number of methoxy groups -OCH3 is 1. The highest BCUT2D eigenvalue weighted by atomic mass is 16.5. The van der Waals surface area contributed by atoms with Crippen LogP contribution in [0, 0.1) is 0 Å². The molecule has 5 rings (SSSR count). The number of carbonyl (C=O) groups is 1. The van der Waals surface area contributed by atoms with E-state index in [0.29, 0.717) is 23.7 Å². The Balaban J connectivity index is 1.28. The van der Waals surface area contributed by atoms with Gasteiger partial charge >= 0.3 is 0 Å². The van der Waals surface area contributed by atoms with Gasteiger partial charge in [-0.2, -0.15) is 0 Å². The summed E-state index contributed by atoms with van der Waals surface area (Å²) < 4.78 is 13.4. The van der Waals surface area contributed by atoms with Crippen LogP contribution in [0.4, 0.5) is 11.4 Å². The number of hydrogen-bond acceptors (Lipinski definition) is 5. The summed E-state index contributed by atoms with van der Waals surface area (Å²) >= 11 is 0. The Labute approximate surface area is 186 Å². The van der Waals surface area contributed by atoms with Crippen LogP contribution in [0.2, 0.25) is 0 Å². The molecule has 3 aromatic carbocycles. The molecule has 162 valence electrons. The number of nitrogens with one attached hydrogen (secondary N) is 1. The molecule has 0 fully saturated rings. The average molecular weight is 428 g/mol. The van der Waals surface area contributed by atoms with Gasteiger partial charge in [0.1, 0.15) is 17.3 Å². The molecule has 7 nitrogen and oxygen atoms in total. The number of para-hydroxylation sites is 3. The fourth-order valence-corrected chi connectivity index (χ4v) is 4.02. The minimum Gasteiger partial charge on any atom is -0.494 e. The minimum absolute atomic E-state index is 0.0722. The van der Waals surface area contributed by atoms with E-state index in [-0.39, 0.29) is 12.5 Å². The van der Waals surface area contributed by atoms with Crippen LogP contribution in [0.5, 0.6) is 11.5 Å². The van der Waals surface area contributed by atoms with Crippen molar-refractivity contribution in [2.24, 2.45) is 0 Å². The standard InChI is InChI=1S/C25H24N4O3/c1-31-23-15-18(11-12-21(23)27-25(30)17-32-19-7-3-2-4-8-19)28-13-14-29-22-10-6-5-9-20(22)26-24(29)16-28/h2-12,15H,13-14,16-17H2,1H3,(H,27,30). The Morgan fingerprint density at radius 2 is 1.84 bits per heavy atom. The first kappa shape index (κ1) is 19.9. The van der Waals surface area contributed by atoms with Crippen LogP contribution in [0.1, 0.15) is 5.82 Å². The van der Waals surface area contributed by atoms with Crippen molar-refractivity contribution in [3.63, 3.8) is 0 Å². The Hall–Kier alpha value is -4.00. The number of ether oxygens (including phenoxy) is 2. The van der Waals surface area contributed by atoms with Crippen molar-refractivity contribution in [3.05, 3.63) is 78.6 Å². The summed E-state index contributed by atoms with van der Waals surface area (Å²) in [4.78, 5) is 19.4. The lowest BCUT2D eigenvalue weighted by atomic mass is 10.2. The zero-order valence-corrected chi connectivity index (χ0v) is 17.8. The van der Waals surface area contributed by atoms with Gasteiger partial charge in [0.05, 0.1) is 30.4 Å². The number of nitrogens with zero attached hydrogens (tertiary/aromatic N) is 3. The number of amides is 1. The monoisotopic (exact) mass is 428 g/mol. The molecule has 0 atom stereocenters. The number of carbonyl (C=O) groups excluding carboxylic acids is 1.